The number of rotatable bonds is 4. The van der Waals surface area contributed by atoms with Gasteiger partial charge in [-0.1, -0.05) is 18.2 Å². The third-order valence-corrected chi connectivity index (χ3v) is 5.38. The second-order valence-electron chi connectivity index (χ2n) is 5.59. The van der Waals surface area contributed by atoms with E-state index in [1.807, 2.05) is 28.7 Å². The van der Waals surface area contributed by atoms with Crippen molar-refractivity contribution in [2.45, 2.75) is 0 Å². The monoisotopic (exact) mass is 604 g/mol. The summed E-state index contributed by atoms with van der Waals surface area (Å²) < 4.78 is 12.5. The zero-order valence-electron chi connectivity index (χ0n) is 14.8. The highest BCUT2D eigenvalue weighted by molar-refractivity contribution is 14.1. The number of carbonyl (C=O) groups is 2. The van der Waals surface area contributed by atoms with Crippen molar-refractivity contribution in [3.8, 4) is 22.7 Å². The lowest BCUT2D eigenvalue weighted by Gasteiger charge is -2.08. The molecule has 9 heteroatoms. The molecule has 0 atom stereocenters. The summed E-state index contributed by atoms with van der Waals surface area (Å²) in [7, 11) is 2.43. The van der Waals surface area contributed by atoms with Crippen molar-refractivity contribution in [3.05, 3.63) is 60.9 Å². The van der Waals surface area contributed by atoms with Crippen LogP contribution in [-0.4, -0.2) is 41.0 Å². The zero-order chi connectivity index (χ0) is 20.4. The molecule has 1 N–H and O–H groups in total. The van der Waals surface area contributed by atoms with Crippen molar-refractivity contribution in [2.24, 2.45) is 0 Å². The minimum atomic E-state index is -0.758. The molecule has 0 amide bonds. The van der Waals surface area contributed by atoms with Crippen LogP contribution in [0.25, 0.3) is 16.9 Å². The Kier molecular flexibility index (Phi) is 6.23. The van der Waals surface area contributed by atoms with Crippen LogP contribution in [0, 0.1) is 7.14 Å². The van der Waals surface area contributed by atoms with E-state index in [-0.39, 0.29) is 22.7 Å². The highest BCUT2D eigenvalue weighted by atomic mass is 127. The van der Waals surface area contributed by atoms with Crippen LogP contribution >= 0.6 is 45.2 Å². The van der Waals surface area contributed by atoms with Gasteiger partial charge in [-0.3, -0.25) is 0 Å². The maximum Gasteiger partial charge on any atom is 0.357 e. The number of phenols is 1. The summed E-state index contributed by atoms with van der Waals surface area (Å²) in [4.78, 5) is 25.2. The Morgan fingerprint density at radius 2 is 1.68 bits per heavy atom. The second-order valence-corrected chi connectivity index (χ2v) is 7.99. The predicted octanol–water partition coefficient (Wildman–Crippen LogP) is 4.03. The van der Waals surface area contributed by atoms with Gasteiger partial charge in [-0.15, -0.1) is 0 Å². The summed E-state index contributed by atoms with van der Waals surface area (Å²) in [5.41, 5.74) is 0.843. The van der Waals surface area contributed by atoms with Gasteiger partial charge in [0.25, 0.3) is 0 Å². The van der Waals surface area contributed by atoms with Gasteiger partial charge in [-0.05, 0) is 69.4 Å². The van der Waals surface area contributed by atoms with E-state index in [1.54, 1.807) is 36.4 Å². The summed E-state index contributed by atoms with van der Waals surface area (Å²) >= 11 is 4.09. The maximum atomic E-state index is 12.6. The molecule has 3 aromatic rings. The van der Waals surface area contributed by atoms with Crippen LogP contribution in [0.4, 0.5) is 0 Å². The fourth-order valence-electron chi connectivity index (χ4n) is 2.69. The van der Waals surface area contributed by atoms with E-state index in [9.17, 15) is 14.7 Å². The van der Waals surface area contributed by atoms with Crippen LogP contribution in [0.1, 0.15) is 20.8 Å². The summed E-state index contributed by atoms with van der Waals surface area (Å²) in [5, 5.41) is 15.1. The van der Waals surface area contributed by atoms with Crippen molar-refractivity contribution < 1.29 is 24.2 Å². The van der Waals surface area contributed by atoms with E-state index < -0.39 is 11.9 Å². The van der Waals surface area contributed by atoms with E-state index in [4.69, 9.17) is 9.47 Å². The maximum absolute atomic E-state index is 12.6. The van der Waals surface area contributed by atoms with Crippen molar-refractivity contribution >= 4 is 57.1 Å². The molecule has 0 aliphatic rings. The van der Waals surface area contributed by atoms with Crippen LogP contribution in [-0.2, 0) is 9.47 Å². The van der Waals surface area contributed by atoms with E-state index >= 15 is 0 Å². The minimum Gasteiger partial charge on any atom is -0.506 e. The van der Waals surface area contributed by atoms with E-state index in [0.29, 0.717) is 14.8 Å². The third kappa shape index (κ3) is 3.72. The molecule has 0 unspecified atom stereocenters. The van der Waals surface area contributed by atoms with Crippen molar-refractivity contribution in [3.63, 3.8) is 0 Å². The smallest absolute Gasteiger partial charge is 0.357 e. The van der Waals surface area contributed by atoms with Gasteiger partial charge < -0.3 is 14.6 Å². The normalized spacial score (nSPS) is 10.6. The number of esters is 2. The molecule has 0 bridgehead atoms. The SMILES string of the molecule is COC(=O)c1c(-c2cc(I)cc(I)c2O)nn(-c2ccccc2)c1C(=O)OC. The Bertz CT molecular complexity index is 1060. The number of phenolic OH excluding ortho intramolecular Hbond substituents is 1. The average Bonchev–Trinajstić information content (AvgIpc) is 3.10. The Morgan fingerprint density at radius 3 is 2.29 bits per heavy atom. The molecular weight excluding hydrogens is 590 g/mol. The molecule has 1 aromatic heterocycles. The summed E-state index contributed by atoms with van der Waals surface area (Å²) in [6, 6.07) is 12.3. The van der Waals surface area contributed by atoms with Gasteiger partial charge in [0.1, 0.15) is 17.0 Å². The van der Waals surface area contributed by atoms with Crippen LogP contribution in [0.5, 0.6) is 5.75 Å². The first-order valence-electron chi connectivity index (χ1n) is 7.92. The van der Waals surface area contributed by atoms with Crippen molar-refractivity contribution in [1.82, 2.24) is 9.78 Å². The lowest BCUT2D eigenvalue weighted by molar-refractivity contribution is 0.0549. The molecule has 3 rings (SSSR count). The molecule has 28 heavy (non-hydrogen) atoms. The van der Waals surface area contributed by atoms with Gasteiger partial charge >= 0.3 is 11.9 Å². The molecule has 0 saturated heterocycles. The van der Waals surface area contributed by atoms with Crippen LogP contribution in [0.3, 0.4) is 0 Å². The molecule has 0 radical (unpaired) electrons. The highest BCUT2D eigenvalue weighted by Crippen LogP contribution is 2.38. The number of aromatic nitrogens is 2. The third-order valence-electron chi connectivity index (χ3n) is 3.94. The van der Waals surface area contributed by atoms with Crippen molar-refractivity contribution in [2.75, 3.05) is 14.2 Å². The number of aromatic hydroxyl groups is 1. The molecule has 0 aliphatic heterocycles. The largest absolute Gasteiger partial charge is 0.506 e. The van der Waals surface area contributed by atoms with Crippen LogP contribution < -0.4 is 0 Å². The van der Waals surface area contributed by atoms with Gasteiger partial charge in [0.15, 0.2) is 5.69 Å². The second kappa shape index (κ2) is 8.47. The first kappa shape index (κ1) is 20.6. The fourth-order valence-corrected chi connectivity index (χ4v) is 4.53. The zero-order valence-corrected chi connectivity index (χ0v) is 19.1. The topological polar surface area (TPSA) is 90.6 Å². The number of hydrogen-bond acceptors (Lipinski definition) is 6. The Labute approximate surface area is 187 Å². The van der Waals surface area contributed by atoms with E-state index in [2.05, 4.69) is 27.7 Å². The Morgan fingerprint density at radius 1 is 1.04 bits per heavy atom. The number of para-hydroxylation sites is 1. The number of halogens is 2. The summed E-state index contributed by atoms with van der Waals surface area (Å²) in [6.07, 6.45) is 0. The predicted molar refractivity (Wildman–Crippen MR) is 119 cm³/mol. The first-order chi connectivity index (χ1) is 13.4. The van der Waals surface area contributed by atoms with E-state index in [1.165, 1.54) is 18.9 Å². The van der Waals surface area contributed by atoms with Gasteiger partial charge in [0.05, 0.1) is 23.5 Å². The molecule has 1 heterocycles. The van der Waals surface area contributed by atoms with Crippen LogP contribution in [0.15, 0.2) is 42.5 Å². The van der Waals surface area contributed by atoms with Gasteiger partial charge in [-0.25, -0.2) is 14.3 Å². The Hall–Kier alpha value is -2.15. The van der Waals surface area contributed by atoms with Crippen molar-refractivity contribution in [1.29, 1.82) is 0 Å². The number of ether oxygens (including phenoxy) is 2. The number of carbonyl (C=O) groups excluding carboxylic acids is 2. The number of nitrogens with zero attached hydrogens (tertiary/aromatic N) is 2. The number of hydrogen-bond donors (Lipinski definition) is 1. The molecule has 0 saturated carbocycles. The molecule has 144 valence electrons. The molecule has 0 fully saturated rings. The summed E-state index contributed by atoms with van der Waals surface area (Å²) in [5.74, 6) is -1.55. The molecule has 7 nitrogen and oxygen atoms in total. The lowest BCUT2D eigenvalue weighted by Crippen LogP contribution is -2.15. The molecule has 0 aliphatic carbocycles. The molecule has 2 aromatic carbocycles. The lowest BCUT2D eigenvalue weighted by atomic mass is 10.0. The standard InChI is InChI=1S/C19H14I2N2O5/c1-27-18(25)14-15(12-8-10(20)9-13(21)17(12)24)22-23(16(14)19(26)28-2)11-6-4-3-5-7-11/h3-9,24H,1-2H3. The average molecular weight is 604 g/mol. The van der Waals surface area contributed by atoms with Gasteiger partial charge in [0, 0.05) is 9.13 Å². The van der Waals surface area contributed by atoms with Crippen LogP contribution in [0.2, 0.25) is 0 Å². The summed E-state index contributed by atoms with van der Waals surface area (Å²) in [6.45, 7) is 0. The fraction of sp³-hybridized carbons (Fsp3) is 0.105. The van der Waals surface area contributed by atoms with E-state index in [0.717, 1.165) is 3.57 Å². The minimum absolute atomic E-state index is 0.0414. The van der Waals surface area contributed by atoms with Gasteiger partial charge in [-0.2, -0.15) is 5.10 Å². The number of methoxy groups -OCH3 is 2. The molecular formula is C19H14I2N2O5. The Balaban J connectivity index is 2.43. The van der Waals surface area contributed by atoms with Gasteiger partial charge in [0.2, 0.25) is 0 Å². The highest BCUT2D eigenvalue weighted by Gasteiger charge is 2.32. The number of benzene rings is 2. The first-order valence-corrected chi connectivity index (χ1v) is 10.1. The quantitative estimate of drug-likeness (QED) is 0.358. The molecule has 0 spiro atoms.